The molecule has 7 heteroatoms. The summed E-state index contributed by atoms with van der Waals surface area (Å²) in [6.45, 7) is 3.14. The molecule has 2 aliphatic carbocycles. The number of carbonyl (C=O) groups excluding carboxylic acids is 2. The highest BCUT2D eigenvalue weighted by Crippen LogP contribution is 2.64. The van der Waals surface area contributed by atoms with Gasteiger partial charge in [-0.15, -0.1) is 0 Å². The summed E-state index contributed by atoms with van der Waals surface area (Å²) in [4.78, 5) is 25.6. The van der Waals surface area contributed by atoms with Crippen molar-refractivity contribution in [1.29, 1.82) is 0 Å². The van der Waals surface area contributed by atoms with Gasteiger partial charge in [-0.25, -0.2) is 0 Å². The van der Waals surface area contributed by atoms with Crippen molar-refractivity contribution in [3.63, 3.8) is 0 Å². The van der Waals surface area contributed by atoms with E-state index in [2.05, 4.69) is 18.0 Å². The highest BCUT2D eigenvalue weighted by atomic mass is 16.6. The van der Waals surface area contributed by atoms with E-state index in [4.69, 9.17) is 18.9 Å². The number of likely N-dealkylation sites (N-methyl/N-ethyl adjacent to an activating group) is 1. The van der Waals surface area contributed by atoms with E-state index in [-0.39, 0.29) is 29.6 Å². The topological polar surface area (TPSA) is 74.3 Å². The van der Waals surface area contributed by atoms with Gasteiger partial charge >= 0.3 is 11.9 Å². The molecule has 2 fully saturated rings. The summed E-state index contributed by atoms with van der Waals surface area (Å²) < 4.78 is 23.4. The molecule has 1 aromatic rings. The zero-order valence-electron chi connectivity index (χ0n) is 19.9. The average Bonchev–Trinajstić information content (AvgIpc) is 3.15. The van der Waals surface area contributed by atoms with Gasteiger partial charge in [-0.1, -0.05) is 12.5 Å². The number of methoxy groups -OCH3 is 1. The number of piperidine rings is 1. The summed E-state index contributed by atoms with van der Waals surface area (Å²) in [5, 5.41) is 0. The molecular weight excluding hydrogens is 422 g/mol. The monoisotopic (exact) mass is 457 g/mol. The van der Waals surface area contributed by atoms with Gasteiger partial charge < -0.3 is 23.8 Å². The van der Waals surface area contributed by atoms with Gasteiger partial charge in [0, 0.05) is 37.0 Å². The second kappa shape index (κ2) is 8.91. The minimum absolute atomic E-state index is 0.0226. The number of likely N-dealkylation sites (tertiary alicyclic amines) is 1. The number of nitrogens with zero attached hydrogens (tertiary/aromatic N) is 1. The van der Waals surface area contributed by atoms with Crippen molar-refractivity contribution in [2.24, 2.45) is 5.92 Å². The molecule has 1 aromatic carbocycles. The van der Waals surface area contributed by atoms with Crippen LogP contribution in [0.1, 0.15) is 63.0 Å². The van der Waals surface area contributed by atoms with Gasteiger partial charge in [-0.05, 0) is 69.7 Å². The highest BCUT2D eigenvalue weighted by Gasteiger charge is 2.65. The number of carbonyl (C=O) groups is 2. The molecule has 4 aliphatic rings. The van der Waals surface area contributed by atoms with Crippen LogP contribution in [0.15, 0.2) is 12.1 Å². The molecule has 1 saturated carbocycles. The van der Waals surface area contributed by atoms with Crippen LogP contribution in [0.5, 0.6) is 11.5 Å². The molecule has 1 spiro atoms. The maximum absolute atomic E-state index is 11.8. The molecule has 33 heavy (non-hydrogen) atoms. The zero-order valence-corrected chi connectivity index (χ0v) is 19.9. The summed E-state index contributed by atoms with van der Waals surface area (Å²) in [7, 11) is 3.68. The first-order chi connectivity index (χ1) is 16.0. The van der Waals surface area contributed by atoms with E-state index in [1.165, 1.54) is 25.2 Å². The number of unbranched alkanes of at least 4 members (excludes halogenated alkanes) is 2. The van der Waals surface area contributed by atoms with Crippen LogP contribution in [0, 0.1) is 5.92 Å². The van der Waals surface area contributed by atoms with Crippen molar-refractivity contribution in [3.8, 4) is 11.5 Å². The van der Waals surface area contributed by atoms with E-state index in [9.17, 15) is 9.59 Å². The van der Waals surface area contributed by atoms with Gasteiger partial charge in [-0.3, -0.25) is 9.59 Å². The fraction of sp³-hybridized carbons (Fsp3) is 0.692. The summed E-state index contributed by atoms with van der Waals surface area (Å²) in [5.41, 5.74) is 2.55. The SMILES string of the molecule is COC(=O)CCCCCOC1CC[C@H]2[C@H]3Cc4ccc(OC(C)=O)c5c4[C@@]2(CCN3C)C1O5. The molecule has 1 saturated heterocycles. The average molecular weight is 458 g/mol. The molecular formula is C26H35NO6. The van der Waals surface area contributed by atoms with Crippen molar-refractivity contribution < 1.29 is 28.5 Å². The maximum Gasteiger partial charge on any atom is 0.308 e. The number of rotatable bonds is 8. The standard InChI is InChI=1S/C26H35NO6/c1-16(28)32-20-10-8-17-15-19-18-9-11-21(31-14-6-4-5-7-22(29)30-3)25-26(18,12-13-27(19)2)23(17)24(20)33-25/h8,10,18-19,21,25H,4-7,9,11-15H2,1-3H3/t18-,19+,21?,25?,26-/m0/s1. The summed E-state index contributed by atoms with van der Waals surface area (Å²) in [6.07, 6.45) is 7.28. The normalized spacial score (nSPS) is 31.5. The number of hydrogen-bond donors (Lipinski definition) is 0. The van der Waals surface area contributed by atoms with E-state index < -0.39 is 0 Å². The van der Waals surface area contributed by atoms with Crippen LogP contribution < -0.4 is 9.47 Å². The smallest absolute Gasteiger partial charge is 0.308 e. The number of ether oxygens (including phenoxy) is 4. The third-order valence-electron chi connectivity index (χ3n) is 8.36. The van der Waals surface area contributed by atoms with Gasteiger partial charge in [0.2, 0.25) is 0 Å². The molecule has 2 aliphatic heterocycles. The van der Waals surface area contributed by atoms with Crippen LogP contribution in [0.4, 0.5) is 0 Å². The predicted molar refractivity (Wildman–Crippen MR) is 122 cm³/mol. The lowest BCUT2D eigenvalue weighted by Gasteiger charge is -2.58. The molecule has 2 heterocycles. The predicted octanol–water partition coefficient (Wildman–Crippen LogP) is 3.40. The third kappa shape index (κ3) is 3.73. The summed E-state index contributed by atoms with van der Waals surface area (Å²) in [5.74, 6) is 1.37. The van der Waals surface area contributed by atoms with Crippen LogP contribution in [0.2, 0.25) is 0 Å². The van der Waals surface area contributed by atoms with Gasteiger partial charge in [-0.2, -0.15) is 0 Å². The Hall–Kier alpha value is -2.12. The van der Waals surface area contributed by atoms with E-state index in [1.807, 2.05) is 6.07 Å². The molecule has 2 bridgehead atoms. The summed E-state index contributed by atoms with van der Waals surface area (Å²) in [6, 6.07) is 4.55. The van der Waals surface area contributed by atoms with Gasteiger partial charge in [0.05, 0.1) is 13.2 Å². The fourth-order valence-electron chi connectivity index (χ4n) is 6.97. The molecule has 0 amide bonds. The Labute approximate surface area is 195 Å². The Balaban J connectivity index is 1.37. The lowest BCUT2D eigenvalue weighted by molar-refractivity contribution is -0.140. The lowest BCUT2D eigenvalue weighted by atomic mass is 9.51. The molecule has 7 nitrogen and oxygen atoms in total. The first-order valence-electron chi connectivity index (χ1n) is 12.4. The van der Waals surface area contributed by atoms with E-state index in [0.29, 0.717) is 30.7 Å². The van der Waals surface area contributed by atoms with Crippen LogP contribution in [-0.2, 0) is 30.9 Å². The largest absolute Gasteiger partial charge is 0.483 e. The second-order valence-electron chi connectivity index (χ2n) is 10.1. The van der Waals surface area contributed by atoms with Gasteiger partial charge in [0.1, 0.15) is 6.10 Å². The van der Waals surface area contributed by atoms with E-state index >= 15 is 0 Å². The molecule has 0 aromatic heterocycles. The van der Waals surface area contributed by atoms with Crippen LogP contribution in [-0.4, -0.2) is 62.4 Å². The minimum Gasteiger partial charge on any atom is -0.483 e. The van der Waals surface area contributed by atoms with E-state index in [1.54, 1.807) is 0 Å². The maximum atomic E-state index is 11.8. The molecule has 0 radical (unpaired) electrons. The molecule has 180 valence electrons. The van der Waals surface area contributed by atoms with Crippen molar-refractivity contribution in [1.82, 2.24) is 4.90 Å². The molecule has 0 N–H and O–H groups in total. The Kier molecular flexibility index (Phi) is 6.12. The second-order valence-corrected chi connectivity index (χ2v) is 10.1. The zero-order chi connectivity index (χ0) is 23.2. The van der Waals surface area contributed by atoms with Crippen molar-refractivity contribution >= 4 is 11.9 Å². The van der Waals surface area contributed by atoms with Gasteiger partial charge in [0.15, 0.2) is 11.5 Å². The third-order valence-corrected chi connectivity index (χ3v) is 8.36. The van der Waals surface area contributed by atoms with Crippen LogP contribution in [0.25, 0.3) is 0 Å². The highest BCUT2D eigenvalue weighted by molar-refractivity contribution is 5.72. The Morgan fingerprint density at radius 2 is 2.06 bits per heavy atom. The number of benzene rings is 1. The Morgan fingerprint density at radius 1 is 1.21 bits per heavy atom. The summed E-state index contributed by atoms with van der Waals surface area (Å²) >= 11 is 0. The first kappa shape index (κ1) is 22.7. The van der Waals surface area contributed by atoms with Gasteiger partial charge in [0.25, 0.3) is 0 Å². The molecule has 5 rings (SSSR count). The lowest BCUT2D eigenvalue weighted by Crippen LogP contribution is -2.66. The van der Waals surface area contributed by atoms with Crippen LogP contribution in [0.3, 0.4) is 0 Å². The van der Waals surface area contributed by atoms with Crippen molar-refractivity contribution in [2.75, 3.05) is 27.3 Å². The van der Waals surface area contributed by atoms with Crippen molar-refractivity contribution in [2.45, 2.75) is 82.0 Å². The quantitative estimate of drug-likeness (QED) is 0.336. The molecule has 5 atom stereocenters. The van der Waals surface area contributed by atoms with Crippen LogP contribution >= 0.6 is 0 Å². The first-order valence-corrected chi connectivity index (χ1v) is 12.4. The Bertz CT molecular complexity index is 932. The fourth-order valence-corrected chi connectivity index (χ4v) is 6.97. The number of hydrogen-bond acceptors (Lipinski definition) is 7. The minimum atomic E-state index is -0.324. The van der Waals surface area contributed by atoms with E-state index in [0.717, 1.165) is 57.2 Å². The van der Waals surface area contributed by atoms with Crippen molar-refractivity contribution in [3.05, 3.63) is 23.3 Å². The number of esters is 2. The Morgan fingerprint density at radius 3 is 2.85 bits per heavy atom. The molecule has 2 unspecified atom stereocenters.